The predicted molar refractivity (Wildman–Crippen MR) is 95.5 cm³/mol. The van der Waals surface area contributed by atoms with Crippen molar-refractivity contribution >= 4 is 0 Å². The number of aryl methyl sites for hydroxylation is 1. The maximum absolute atomic E-state index is 5.51. The van der Waals surface area contributed by atoms with E-state index in [9.17, 15) is 0 Å². The van der Waals surface area contributed by atoms with Crippen molar-refractivity contribution in [2.75, 3.05) is 27.9 Å². The molecule has 1 heterocycles. The van der Waals surface area contributed by atoms with E-state index in [0.717, 1.165) is 36.6 Å². The van der Waals surface area contributed by atoms with E-state index in [2.05, 4.69) is 36.5 Å². The quantitative estimate of drug-likeness (QED) is 0.912. The van der Waals surface area contributed by atoms with Gasteiger partial charge in [0.15, 0.2) is 11.5 Å². The maximum Gasteiger partial charge on any atom is 0.161 e. The molecule has 24 heavy (non-hydrogen) atoms. The summed E-state index contributed by atoms with van der Waals surface area (Å²) in [6.07, 6.45) is 1.96. The van der Waals surface area contributed by atoms with Gasteiger partial charge >= 0.3 is 0 Å². The molecule has 0 saturated carbocycles. The van der Waals surface area contributed by atoms with Gasteiger partial charge in [-0.1, -0.05) is 13.0 Å². The molecule has 3 rings (SSSR count). The third-order valence-corrected chi connectivity index (χ3v) is 4.74. The second kappa shape index (κ2) is 7.14. The molecular weight excluding hydrogens is 302 g/mol. The number of hydrogen-bond donors (Lipinski definition) is 1. The fraction of sp³-hybridized carbons (Fsp3) is 0.400. The van der Waals surface area contributed by atoms with E-state index in [0.29, 0.717) is 0 Å². The Morgan fingerprint density at radius 1 is 0.958 bits per heavy atom. The van der Waals surface area contributed by atoms with Gasteiger partial charge in [-0.2, -0.15) is 0 Å². The van der Waals surface area contributed by atoms with Crippen molar-refractivity contribution in [3.05, 3.63) is 52.6 Å². The number of methoxy groups -OCH3 is 3. The second-order valence-corrected chi connectivity index (χ2v) is 5.96. The zero-order valence-corrected chi connectivity index (χ0v) is 14.8. The Hall–Kier alpha value is -2.20. The first kappa shape index (κ1) is 16.7. The van der Waals surface area contributed by atoms with Crippen molar-refractivity contribution in [3.63, 3.8) is 0 Å². The lowest BCUT2D eigenvalue weighted by Gasteiger charge is -2.30. The van der Waals surface area contributed by atoms with Gasteiger partial charge in [-0.25, -0.2) is 0 Å². The average Bonchev–Trinajstić information content (AvgIpc) is 2.65. The summed E-state index contributed by atoms with van der Waals surface area (Å²) < 4.78 is 16.3. The Labute approximate surface area is 143 Å². The molecular formula is C20H25NO3. The van der Waals surface area contributed by atoms with Crippen LogP contribution in [0.5, 0.6) is 17.2 Å². The molecule has 1 N–H and O–H groups in total. The van der Waals surface area contributed by atoms with E-state index in [1.165, 1.54) is 22.3 Å². The van der Waals surface area contributed by atoms with Crippen LogP contribution in [-0.2, 0) is 12.8 Å². The summed E-state index contributed by atoms with van der Waals surface area (Å²) in [7, 11) is 5.07. The van der Waals surface area contributed by atoms with E-state index in [4.69, 9.17) is 14.2 Å². The topological polar surface area (TPSA) is 39.7 Å². The smallest absolute Gasteiger partial charge is 0.161 e. The number of hydrogen-bond acceptors (Lipinski definition) is 4. The van der Waals surface area contributed by atoms with Crippen LogP contribution >= 0.6 is 0 Å². The van der Waals surface area contributed by atoms with Crippen LogP contribution in [0.2, 0.25) is 0 Å². The van der Waals surface area contributed by atoms with Crippen LogP contribution in [0.15, 0.2) is 30.3 Å². The summed E-state index contributed by atoms with van der Waals surface area (Å²) in [5.41, 5.74) is 5.17. The largest absolute Gasteiger partial charge is 0.497 e. The summed E-state index contributed by atoms with van der Waals surface area (Å²) in [5, 5.41) is 3.66. The molecule has 0 fully saturated rings. The van der Waals surface area contributed by atoms with Crippen molar-refractivity contribution in [3.8, 4) is 17.2 Å². The summed E-state index contributed by atoms with van der Waals surface area (Å²) in [4.78, 5) is 0. The van der Waals surface area contributed by atoms with E-state index in [-0.39, 0.29) is 6.04 Å². The van der Waals surface area contributed by atoms with Crippen LogP contribution in [0, 0.1) is 0 Å². The summed E-state index contributed by atoms with van der Waals surface area (Å²) >= 11 is 0. The number of benzene rings is 2. The minimum absolute atomic E-state index is 0.161. The Balaban J connectivity index is 2.09. The molecule has 0 bridgehead atoms. The van der Waals surface area contributed by atoms with Gasteiger partial charge in [-0.05, 0) is 59.4 Å². The van der Waals surface area contributed by atoms with Gasteiger partial charge in [0.2, 0.25) is 0 Å². The Kier molecular flexibility index (Phi) is 4.95. The van der Waals surface area contributed by atoms with Gasteiger partial charge in [-0.3, -0.25) is 0 Å². The van der Waals surface area contributed by atoms with Crippen molar-refractivity contribution in [1.82, 2.24) is 5.32 Å². The minimum Gasteiger partial charge on any atom is -0.497 e. The zero-order valence-electron chi connectivity index (χ0n) is 14.8. The van der Waals surface area contributed by atoms with Crippen molar-refractivity contribution in [2.45, 2.75) is 25.8 Å². The van der Waals surface area contributed by atoms with Crippen LogP contribution in [0.3, 0.4) is 0 Å². The lowest BCUT2D eigenvalue weighted by Crippen LogP contribution is -2.31. The number of rotatable bonds is 5. The molecule has 0 spiro atoms. The van der Waals surface area contributed by atoms with Crippen LogP contribution in [0.25, 0.3) is 0 Å². The molecule has 0 saturated heterocycles. The highest BCUT2D eigenvalue weighted by Crippen LogP contribution is 2.38. The first-order chi connectivity index (χ1) is 11.7. The fourth-order valence-corrected chi connectivity index (χ4v) is 3.46. The molecule has 1 aliphatic heterocycles. The summed E-state index contributed by atoms with van der Waals surface area (Å²) in [6.45, 7) is 3.12. The molecule has 0 aliphatic carbocycles. The van der Waals surface area contributed by atoms with Crippen molar-refractivity contribution in [2.24, 2.45) is 0 Å². The minimum atomic E-state index is 0.161. The van der Waals surface area contributed by atoms with E-state index < -0.39 is 0 Å². The van der Waals surface area contributed by atoms with E-state index >= 15 is 0 Å². The predicted octanol–water partition coefficient (Wildman–Crippen LogP) is 3.51. The first-order valence-electron chi connectivity index (χ1n) is 8.36. The zero-order chi connectivity index (χ0) is 17.1. The molecule has 2 aromatic carbocycles. The molecule has 128 valence electrons. The molecule has 0 aromatic heterocycles. The SMILES string of the molecule is CCc1cc(OC)ccc1C1NCCc2cc(OC)c(OC)cc21. The molecule has 1 atom stereocenters. The van der Waals surface area contributed by atoms with E-state index in [1.54, 1.807) is 21.3 Å². The van der Waals surface area contributed by atoms with Gasteiger partial charge in [-0.15, -0.1) is 0 Å². The highest BCUT2D eigenvalue weighted by Gasteiger charge is 2.25. The summed E-state index contributed by atoms with van der Waals surface area (Å²) in [6, 6.07) is 10.7. The fourth-order valence-electron chi connectivity index (χ4n) is 3.46. The molecule has 0 radical (unpaired) electrons. The molecule has 1 aliphatic rings. The molecule has 2 aromatic rings. The average molecular weight is 327 g/mol. The molecule has 1 unspecified atom stereocenters. The van der Waals surface area contributed by atoms with E-state index in [1.807, 2.05) is 6.07 Å². The standard InChI is InChI=1S/C20H25NO3/c1-5-13-10-15(22-2)6-7-16(13)20-17-12-19(24-4)18(23-3)11-14(17)8-9-21-20/h6-7,10-12,20-21H,5,8-9H2,1-4H3. The second-order valence-electron chi connectivity index (χ2n) is 5.96. The lowest BCUT2D eigenvalue weighted by molar-refractivity contribution is 0.353. The van der Waals surface area contributed by atoms with Gasteiger partial charge in [0.25, 0.3) is 0 Å². The Bertz CT molecular complexity index is 727. The molecule has 4 nitrogen and oxygen atoms in total. The van der Waals surface area contributed by atoms with Crippen LogP contribution in [0.4, 0.5) is 0 Å². The van der Waals surface area contributed by atoms with Crippen LogP contribution < -0.4 is 19.5 Å². The monoisotopic (exact) mass is 327 g/mol. The molecule has 0 amide bonds. The van der Waals surface area contributed by atoms with Gasteiger partial charge in [0.05, 0.1) is 27.4 Å². The van der Waals surface area contributed by atoms with Gasteiger partial charge in [0, 0.05) is 6.54 Å². The lowest BCUT2D eigenvalue weighted by atomic mass is 9.86. The Morgan fingerprint density at radius 3 is 2.38 bits per heavy atom. The van der Waals surface area contributed by atoms with Crippen LogP contribution in [0.1, 0.15) is 35.2 Å². The summed E-state index contributed by atoms with van der Waals surface area (Å²) in [5.74, 6) is 2.47. The normalized spacial score (nSPS) is 16.4. The highest BCUT2D eigenvalue weighted by atomic mass is 16.5. The first-order valence-corrected chi connectivity index (χ1v) is 8.36. The third-order valence-electron chi connectivity index (χ3n) is 4.74. The number of ether oxygens (including phenoxy) is 3. The highest BCUT2D eigenvalue weighted by molar-refractivity contribution is 5.53. The number of fused-ring (bicyclic) bond motifs is 1. The van der Waals surface area contributed by atoms with Gasteiger partial charge < -0.3 is 19.5 Å². The Morgan fingerprint density at radius 2 is 1.71 bits per heavy atom. The number of nitrogens with one attached hydrogen (secondary N) is 1. The van der Waals surface area contributed by atoms with Gasteiger partial charge in [0.1, 0.15) is 5.75 Å². The maximum atomic E-state index is 5.51. The van der Waals surface area contributed by atoms with Crippen LogP contribution in [-0.4, -0.2) is 27.9 Å². The molecule has 4 heteroatoms. The van der Waals surface area contributed by atoms with Crippen molar-refractivity contribution < 1.29 is 14.2 Å². The van der Waals surface area contributed by atoms with Crippen molar-refractivity contribution in [1.29, 1.82) is 0 Å². The third kappa shape index (κ3) is 2.94.